The first-order valence-electron chi connectivity index (χ1n) is 6.06. The Labute approximate surface area is 110 Å². The minimum atomic E-state index is -0.479. The lowest BCUT2D eigenvalue weighted by Crippen LogP contribution is -2.11. The van der Waals surface area contributed by atoms with Crippen molar-refractivity contribution in [3.8, 4) is 11.3 Å². The van der Waals surface area contributed by atoms with Crippen LogP contribution in [0.25, 0.3) is 11.3 Å². The molecule has 19 heavy (non-hydrogen) atoms. The van der Waals surface area contributed by atoms with Crippen molar-refractivity contribution in [3.63, 3.8) is 0 Å². The summed E-state index contributed by atoms with van der Waals surface area (Å²) in [5.41, 5.74) is 1.40. The summed E-state index contributed by atoms with van der Waals surface area (Å²) in [5, 5.41) is 2.54. The van der Waals surface area contributed by atoms with E-state index in [2.05, 4.69) is 15.3 Å². The Morgan fingerprint density at radius 3 is 2.84 bits per heavy atom. The molecule has 4 nitrogen and oxygen atoms in total. The molecule has 1 aromatic carbocycles. The first-order valence-corrected chi connectivity index (χ1v) is 6.06. The van der Waals surface area contributed by atoms with Crippen molar-refractivity contribution >= 4 is 11.6 Å². The van der Waals surface area contributed by atoms with Crippen molar-refractivity contribution in [2.45, 2.75) is 19.8 Å². The summed E-state index contributed by atoms with van der Waals surface area (Å²) in [6.45, 7) is 1.90. The van der Waals surface area contributed by atoms with E-state index in [1.54, 1.807) is 24.7 Å². The van der Waals surface area contributed by atoms with E-state index in [0.717, 1.165) is 6.42 Å². The van der Waals surface area contributed by atoms with Gasteiger partial charge in [-0.3, -0.25) is 14.8 Å². The van der Waals surface area contributed by atoms with E-state index in [9.17, 15) is 9.18 Å². The highest BCUT2D eigenvalue weighted by Crippen LogP contribution is 2.22. The lowest BCUT2D eigenvalue weighted by atomic mass is 10.1. The van der Waals surface area contributed by atoms with Gasteiger partial charge in [-0.25, -0.2) is 4.39 Å². The van der Waals surface area contributed by atoms with E-state index >= 15 is 0 Å². The number of hydrogen-bond acceptors (Lipinski definition) is 3. The molecule has 5 heteroatoms. The van der Waals surface area contributed by atoms with E-state index in [4.69, 9.17) is 0 Å². The molecule has 0 radical (unpaired) electrons. The Bertz CT molecular complexity index is 572. The van der Waals surface area contributed by atoms with Crippen molar-refractivity contribution < 1.29 is 9.18 Å². The highest BCUT2D eigenvalue weighted by atomic mass is 19.1. The molecule has 1 N–H and O–H groups in total. The van der Waals surface area contributed by atoms with Crippen LogP contribution < -0.4 is 5.32 Å². The Morgan fingerprint density at radius 1 is 1.37 bits per heavy atom. The first kappa shape index (κ1) is 13.1. The Kier molecular flexibility index (Phi) is 4.18. The molecule has 1 aromatic heterocycles. The molecule has 0 bridgehead atoms. The molecule has 0 spiro atoms. The van der Waals surface area contributed by atoms with Gasteiger partial charge < -0.3 is 5.32 Å². The highest BCUT2D eigenvalue weighted by molar-refractivity contribution is 5.91. The molecule has 0 fully saturated rings. The molecule has 0 aliphatic rings. The van der Waals surface area contributed by atoms with E-state index in [1.165, 1.54) is 12.1 Å². The summed E-state index contributed by atoms with van der Waals surface area (Å²) in [4.78, 5) is 19.4. The summed E-state index contributed by atoms with van der Waals surface area (Å²) >= 11 is 0. The Hall–Kier alpha value is -2.30. The molecule has 0 unspecified atom stereocenters. The summed E-state index contributed by atoms with van der Waals surface area (Å²) in [6, 6.07) is 4.58. The number of nitrogens with zero attached hydrogens (tertiary/aromatic N) is 2. The van der Waals surface area contributed by atoms with Crippen LogP contribution in [-0.4, -0.2) is 15.9 Å². The average Bonchev–Trinajstić information content (AvgIpc) is 2.42. The number of anilines is 1. The van der Waals surface area contributed by atoms with Crippen LogP contribution in [0.15, 0.2) is 36.8 Å². The molecule has 0 atom stereocenters. The second kappa shape index (κ2) is 6.04. The lowest BCUT2D eigenvalue weighted by molar-refractivity contribution is -0.116. The van der Waals surface area contributed by atoms with Crippen LogP contribution in [0, 0.1) is 5.82 Å². The maximum atomic E-state index is 13.9. The Balaban J connectivity index is 2.20. The van der Waals surface area contributed by atoms with Gasteiger partial charge in [0.1, 0.15) is 5.82 Å². The average molecular weight is 259 g/mol. The van der Waals surface area contributed by atoms with Crippen LogP contribution in [0.4, 0.5) is 10.1 Å². The van der Waals surface area contributed by atoms with E-state index in [0.29, 0.717) is 17.7 Å². The molecular formula is C14H14FN3O. The number of rotatable bonds is 4. The number of nitrogens with one attached hydrogen (secondary N) is 1. The van der Waals surface area contributed by atoms with Gasteiger partial charge in [-0.05, 0) is 18.6 Å². The zero-order valence-corrected chi connectivity index (χ0v) is 10.6. The number of benzene rings is 1. The van der Waals surface area contributed by atoms with Crippen molar-refractivity contribution in [1.29, 1.82) is 0 Å². The van der Waals surface area contributed by atoms with Gasteiger partial charge in [0, 0.05) is 24.4 Å². The van der Waals surface area contributed by atoms with Crippen molar-refractivity contribution in [1.82, 2.24) is 9.97 Å². The van der Waals surface area contributed by atoms with E-state index in [-0.39, 0.29) is 11.6 Å². The number of amides is 1. The van der Waals surface area contributed by atoms with Gasteiger partial charge in [-0.15, -0.1) is 0 Å². The summed E-state index contributed by atoms with van der Waals surface area (Å²) < 4.78 is 13.9. The number of carbonyl (C=O) groups excluding carboxylic acids is 1. The fraction of sp³-hybridized carbons (Fsp3) is 0.214. The SMILES string of the molecule is CCCC(=O)Nc1ccc(-c2cnccn2)cc1F. The predicted octanol–water partition coefficient (Wildman–Crippen LogP) is 3.02. The zero-order chi connectivity index (χ0) is 13.7. The fourth-order valence-electron chi connectivity index (χ4n) is 1.66. The van der Waals surface area contributed by atoms with Gasteiger partial charge in [-0.2, -0.15) is 0 Å². The molecule has 98 valence electrons. The minimum Gasteiger partial charge on any atom is -0.324 e. The molecule has 1 amide bonds. The number of hydrogen-bond donors (Lipinski definition) is 1. The van der Waals surface area contributed by atoms with Crippen molar-refractivity contribution in [2.24, 2.45) is 0 Å². The third-order valence-corrected chi connectivity index (χ3v) is 2.58. The van der Waals surface area contributed by atoms with Gasteiger partial charge in [0.15, 0.2) is 0 Å². The minimum absolute atomic E-state index is 0.186. The Morgan fingerprint density at radius 2 is 2.21 bits per heavy atom. The van der Waals surface area contributed by atoms with E-state index in [1.807, 2.05) is 6.92 Å². The van der Waals surface area contributed by atoms with Crippen LogP contribution in [0.5, 0.6) is 0 Å². The summed E-state index contributed by atoms with van der Waals surface area (Å²) in [7, 11) is 0. The normalized spacial score (nSPS) is 10.2. The summed E-state index contributed by atoms with van der Waals surface area (Å²) in [6.07, 6.45) is 5.77. The zero-order valence-electron chi connectivity index (χ0n) is 10.6. The molecule has 2 rings (SSSR count). The quantitative estimate of drug-likeness (QED) is 0.918. The number of aromatic nitrogens is 2. The first-order chi connectivity index (χ1) is 9.20. The number of halogens is 1. The maximum absolute atomic E-state index is 13.9. The standard InChI is InChI=1S/C14H14FN3O/c1-2-3-14(19)18-12-5-4-10(8-11(12)15)13-9-16-6-7-17-13/h4-9H,2-3H2,1H3,(H,18,19). The molecule has 0 saturated carbocycles. The molecule has 0 aliphatic carbocycles. The second-order valence-corrected chi connectivity index (χ2v) is 4.08. The van der Waals surface area contributed by atoms with Gasteiger partial charge in [0.05, 0.1) is 17.6 Å². The predicted molar refractivity (Wildman–Crippen MR) is 71.0 cm³/mol. The molecule has 0 aliphatic heterocycles. The molecule has 2 aromatic rings. The van der Waals surface area contributed by atoms with Crippen LogP contribution in [0.2, 0.25) is 0 Å². The molecule has 1 heterocycles. The van der Waals surface area contributed by atoms with Gasteiger partial charge in [0.25, 0.3) is 0 Å². The fourth-order valence-corrected chi connectivity index (χ4v) is 1.66. The van der Waals surface area contributed by atoms with Crippen LogP contribution in [0.1, 0.15) is 19.8 Å². The van der Waals surface area contributed by atoms with Crippen LogP contribution >= 0.6 is 0 Å². The largest absolute Gasteiger partial charge is 0.324 e. The molecule has 0 saturated heterocycles. The highest BCUT2D eigenvalue weighted by Gasteiger charge is 2.08. The number of carbonyl (C=O) groups is 1. The topological polar surface area (TPSA) is 54.9 Å². The van der Waals surface area contributed by atoms with Gasteiger partial charge >= 0.3 is 0 Å². The van der Waals surface area contributed by atoms with Crippen LogP contribution in [0.3, 0.4) is 0 Å². The van der Waals surface area contributed by atoms with Crippen molar-refractivity contribution in [2.75, 3.05) is 5.32 Å². The smallest absolute Gasteiger partial charge is 0.224 e. The maximum Gasteiger partial charge on any atom is 0.224 e. The molecular weight excluding hydrogens is 245 g/mol. The monoisotopic (exact) mass is 259 g/mol. The summed E-state index contributed by atoms with van der Waals surface area (Å²) in [5.74, 6) is -0.666. The second-order valence-electron chi connectivity index (χ2n) is 4.08. The third-order valence-electron chi connectivity index (χ3n) is 2.58. The van der Waals surface area contributed by atoms with E-state index < -0.39 is 5.82 Å². The van der Waals surface area contributed by atoms with Crippen LogP contribution in [-0.2, 0) is 4.79 Å². The van der Waals surface area contributed by atoms with Gasteiger partial charge in [0.2, 0.25) is 5.91 Å². The van der Waals surface area contributed by atoms with Crippen molar-refractivity contribution in [3.05, 3.63) is 42.6 Å². The lowest BCUT2D eigenvalue weighted by Gasteiger charge is -2.07. The van der Waals surface area contributed by atoms with Gasteiger partial charge in [-0.1, -0.05) is 13.0 Å². The third kappa shape index (κ3) is 3.34.